The van der Waals surface area contributed by atoms with Crippen molar-refractivity contribution in [3.8, 4) is 0 Å². The molecule has 7 nitrogen and oxygen atoms in total. The number of thiophene rings is 1. The van der Waals surface area contributed by atoms with E-state index in [0.29, 0.717) is 18.8 Å². The molecule has 3 rings (SSSR count). The van der Waals surface area contributed by atoms with Gasteiger partial charge in [-0.1, -0.05) is 0 Å². The van der Waals surface area contributed by atoms with Crippen LogP contribution in [0.25, 0.3) is 0 Å². The van der Waals surface area contributed by atoms with E-state index >= 15 is 0 Å². The van der Waals surface area contributed by atoms with E-state index in [1.54, 1.807) is 7.05 Å². The molecule has 32 heavy (non-hydrogen) atoms. The van der Waals surface area contributed by atoms with Gasteiger partial charge in [-0.15, -0.1) is 11.3 Å². The number of nitrogens with one attached hydrogen (secondary N) is 3. The number of benzene rings is 1. The lowest BCUT2D eigenvalue weighted by atomic mass is 10.1. The molecular formula is C23H31N5O2S2. The molecule has 0 spiro atoms. The minimum absolute atomic E-state index is 0.135. The summed E-state index contributed by atoms with van der Waals surface area (Å²) in [5.41, 5.74) is 4.65. The molecule has 3 N–H and O–H groups in total. The van der Waals surface area contributed by atoms with Crippen LogP contribution in [0.5, 0.6) is 0 Å². The fraction of sp³-hybridized carbons (Fsp3) is 0.391. The molecule has 172 valence electrons. The molecule has 9 heteroatoms. The van der Waals surface area contributed by atoms with Gasteiger partial charge < -0.3 is 19.5 Å². The van der Waals surface area contributed by atoms with E-state index in [-0.39, 0.29) is 5.90 Å². The maximum absolute atomic E-state index is 12.4. The number of ether oxygens (including phenoxy) is 1. The highest BCUT2D eigenvalue weighted by Gasteiger charge is 2.26. The first-order valence-corrected chi connectivity index (χ1v) is 12.6. The van der Waals surface area contributed by atoms with Gasteiger partial charge in [0.15, 0.2) is 11.1 Å². The van der Waals surface area contributed by atoms with Gasteiger partial charge >= 0.3 is 0 Å². The molecule has 1 aromatic heterocycles. The predicted molar refractivity (Wildman–Crippen MR) is 133 cm³/mol. The first-order valence-electron chi connectivity index (χ1n) is 10.5. The van der Waals surface area contributed by atoms with Gasteiger partial charge in [-0.25, -0.2) is 4.99 Å². The smallest absolute Gasteiger partial charge is 0.225 e. The van der Waals surface area contributed by atoms with E-state index in [1.165, 1.54) is 11.3 Å². The van der Waals surface area contributed by atoms with Crippen molar-refractivity contribution in [3.05, 3.63) is 63.1 Å². The Labute approximate surface area is 197 Å². The summed E-state index contributed by atoms with van der Waals surface area (Å²) in [5, 5.41) is 16.6. The van der Waals surface area contributed by atoms with Crippen LogP contribution in [0, 0.1) is 12.3 Å². The maximum atomic E-state index is 12.4. The van der Waals surface area contributed by atoms with Gasteiger partial charge in [-0.05, 0) is 86.0 Å². The van der Waals surface area contributed by atoms with Crippen LogP contribution in [-0.4, -0.2) is 67.3 Å². The molecule has 2 unspecified atom stereocenters. The fourth-order valence-electron chi connectivity index (χ4n) is 3.34. The Hall–Kier alpha value is -2.17. The van der Waals surface area contributed by atoms with Crippen LogP contribution < -0.4 is 10.6 Å². The number of hydrogen-bond donors (Lipinski definition) is 3. The summed E-state index contributed by atoms with van der Waals surface area (Å²) in [6, 6.07) is 9.76. The van der Waals surface area contributed by atoms with E-state index in [0.717, 1.165) is 38.0 Å². The van der Waals surface area contributed by atoms with E-state index in [2.05, 4.69) is 15.5 Å². The number of rotatable bonds is 9. The first-order chi connectivity index (χ1) is 15.3. The lowest BCUT2D eigenvalue weighted by Crippen LogP contribution is -2.38. The third-order valence-corrected chi connectivity index (χ3v) is 7.78. The Morgan fingerprint density at radius 2 is 2.00 bits per heavy atom. The number of likely N-dealkylation sites (N-methyl/N-ethyl adjacent to an activating group) is 2. The average molecular weight is 474 g/mol. The zero-order chi connectivity index (χ0) is 23.3. The molecule has 0 amide bonds. The number of aryl methyl sites for hydroxylation is 1. The molecule has 1 aliphatic rings. The summed E-state index contributed by atoms with van der Waals surface area (Å²) in [7, 11) is 5.68. The molecule has 0 fully saturated rings. The van der Waals surface area contributed by atoms with Gasteiger partial charge in [0.1, 0.15) is 11.4 Å². The van der Waals surface area contributed by atoms with Gasteiger partial charge in [0.2, 0.25) is 5.90 Å². The second kappa shape index (κ2) is 11.1. The Bertz CT molecular complexity index is 1000. The summed E-state index contributed by atoms with van der Waals surface area (Å²) in [4.78, 5) is 8.69. The van der Waals surface area contributed by atoms with Gasteiger partial charge in [-0.2, -0.15) is 0 Å². The molecule has 2 heterocycles. The van der Waals surface area contributed by atoms with Gasteiger partial charge in [0, 0.05) is 19.3 Å². The number of nitrogens with zero attached hydrogens (tertiary/aromatic N) is 2. The largest absolute Gasteiger partial charge is 0.611 e. The van der Waals surface area contributed by atoms with Crippen LogP contribution in [0.15, 0.2) is 57.0 Å². The molecule has 0 radical (unpaired) electrons. The van der Waals surface area contributed by atoms with Gasteiger partial charge in [0.05, 0.1) is 17.1 Å². The van der Waals surface area contributed by atoms with E-state index in [1.807, 2.05) is 63.7 Å². The summed E-state index contributed by atoms with van der Waals surface area (Å²) in [6.07, 6.45) is -0.546. The van der Waals surface area contributed by atoms with E-state index < -0.39 is 17.4 Å². The topological polar surface area (TPSA) is 95.8 Å². The summed E-state index contributed by atoms with van der Waals surface area (Å²) in [5.74, 6) is 0.721. The minimum Gasteiger partial charge on any atom is -0.611 e. The Morgan fingerprint density at radius 3 is 2.59 bits per heavy atom. The van der Waals surface area contributed by atoms with Crippen LogP contribution in [-0.2, 0) is 15.9 Å². The highest BCUT2D eigenvalue weighted by molar-refractivity contribution is 7.91. The lowest BCUT2D eigenvalue weighted by molar-refractivity contribution is 0.188. The molecule has 2 aromatic rings. The predicted octanol–water partition coefficient (Wildman–Crippen LogP) is 2.94. The molecule has 0 bridgehead atoms. The Morgan fingerprint density at radius 1 is 1.28 bits per heavy atom. The molecule has 0 aliphatic carbocycles. The number of hydrogen-bond acceptors (Lipinski definition) is 8. The van der Waals surface area contributed by atoms with Gasteiger partial charge in [0.25, 0.3) is 0 Å². The first kappa shape index (κ1) is 24.5. The third-order valence-electron chi connectivity index (χ3n) is 5.39. The second-order valence-corrected chi connectivity index (χ2v) is 10.1. The van der Waals surface area contributed by atoms with Crippen molar-refractivity contribution >= 4 is 34.1 Å². The Kier molecular flexibility index (Phi) is 8.50. The zero-order valence-electron chi connectivity index (χ0n) is 19.2. The SMILES string of the molecule is CNCC[S+]([O-])c1ccc(C2=NC(C(NC)OC(=N)c3sccc3C)=C(C)N(C)C2)cc1. The van der Waals surface area contributed by atoms with Crippen molar-refractivity contribution in [2.45, 2.75) is 25.0 Å². The standard InChI is InChI=1S/C23H31N5O2S2/c1-15-10-12-31-21(15)22(24)30-23(26-4)20-16(2)28(5)14-19(27-20)17-6-8-18(9-7-17)32(29)13-11-25-3/h6-10,12,23-26H,11,13-14H2,1-5H3. The monoisotopic (exact) mass is 473 g/mol. The lowest BCUT2D eigenvalue weighted by Gasteiger charge is -2.31. The van der Waals surface area contributed by atoms with Crippen LogP contribution in [0.1, 0.15) is 22.9 Å². The zero-order valence-corrected chi connectivity index (χ0v) is 20.8. The number of allylic oxidation sites excluding steroid dienone is 1. The Balaban J connectivity index is 1.83. The van der Waals surface area contributed by atoms with Crippen LogP contribution in [0.3, 0.4) is 0 Å². The summed E-state index contributed by atoms with van der Waals surface area (Å²) >= 11 is 0.472. The second-order valence-electron chi connectivity index (χ2n) is 7.61. The normalized spacial score (nSPS) is 16.1. The molecule has 0 saturated carbocycles. The van der Waals surface area contributed by atoms with Crippen molar-refractivity contribution in [3.63, 3.8) is 0 Å². The van der Waals surface area contributed by atoms with Crippen molar-refractivity contribution in [2.24, 2.45) is 4.99 Å². The summed E-state index contributed by atoms with van der Waals surface area (Å²) in [6.45, 7) is 5.36. The van der Waals surface area contributed by atoms with E-state index in [4.69, 9.17) is 15.1 Å². The van der Waals surface area contributed by atoms with Gasteiger partial charge in [-0.3, -0.25) is 10.7 Å². The van der Waals surface area contributed by atoms with Crippen LogP contribution in [0.2, 0.25) is 0 Å². The average Bonchev–Trinajstić information content (AvgIpc) is 3.23. The van der Waals surface area contributed by atoms with E-state index in [9.17, 15) is 4.55 Å². The third kappa shape index (κ3) is 5.60. The van der Waals surface area contributed by atoms with Crippen molar-refractivity contribution in [1.29, 1.82) is 5.41 Å². The minimum atomic E-state index is -1.02. The number of aliphatic imine (C=N–C) groups is 1. The highest BCUT2D eigenvalue weighted by Crippen LogP contribution is 2.25. The molecule has 2 atom stereocenters. The fourth-order valence-corrected chi connectivity index (χ4v) is 5.23. The van der Waals surface area contributed by atoms with Crippen molar-refractivity contribution < 1.29 is 9.29 Å². The van der Waals surface area contributed by atoms with Crippen LogP contribution >= 0.6 is 11.3 Å². The van der Waals surface area contributed by atoms with Crippen LogP contribution in [0.4, 0.5) is 0 Å². The quantitative estimate of drug-likeness (QED) is 0.225. The molecule has 1 aromatic carbocycles. The van der Waals surface area contributed by atoms with Crippen molar-refractivity contribution in [1.82, 2.24) is 15.5 Å². The molecule has 0 saturated heterocycles. The highest BCUT2D eigenvalue weighted by atomic mass is 32.2. The summed E-state index contributed by atoms with van der Waals surface area (Å²) < 4.78 is 18.4. The molecular weight excluding hydrogens is 442 g/mol. The molecule has 1 aliphatic heterocycles. The van der Waals surface area contributed by atoms with Crippen molar-refractivity contribution in [2.75, 3.05) is 40.0 Å². The maximum Gasteiger partial charge on any atom is 0.225 e.